The minimum atomic E-state index is -0.272. The van der Waals surface area contributed by atoms with E-state index in [4.69, 9.17) is 0 Å². The summed E-state index contributed by atoms with van der Waals surface area (Å²) in [4.78, 5) is 32.9. The molecule has 0 bridgehead atoms. The van der Waals surface area contributed by atoms with Gasteiger partial charge in [0.2, 0.25) is 0 Å². The summed E-state index contributed by atoms with van der Waals surface area (Å²) in [5.74, 6) is 0.542. The summed E-state index contributed by atoms with van der Waals surface area (Å²) in [6, 6.07) is 12.8. The summed E-state index contributed by atoms with van der Waals surface area (Å²) in [7, 11) is 1.64. The molecule has 0 N–H and O–H groups in total. The smallest absolute Gasteiger partial charge is 0.263 e. The first-order valence-electron chi connectivity index (χ1n) is 9.08. The van der Waals surface area contributed by atoms with Gasteiger partial charge in [-0.05, 0) is 36.4 Å². The molecule has 1 saturated heterocycles. The van der Waals surface area contributed by atoms with Crippen LogP contribution in [0.25, 0.3) is 11.4 Å². The minimum Gasteiger partial charge on any atom is -0.352 e. The quantitative estimate of drug-likeness (QED) is 0.683. The molecule has 8 heteroatoms. The summed E-state index contributed by atoms with van der Waals surface area (Å²) in [6.45, 7) is 2.33. The van der Waals surface area contributed by atoms with E-state index in [-0.39, 0.29) is 17.0 Å². The molecule has 3 aromatic rings. The Kier molecular flexibility index (Phi) is 4.84. The first-order valence-corrected chi connectivity index (χ1v) is 9.08. The summed E-state index contributed by atoms with van der Waals surface area (Å²) in [6.07, 6.45) is 3.37. The van der Waals surface area contributed by atoms with Gasteiger partial charge in [-0.15, -0.1) is 10.2 Å². The molecule has 0 unspecified atom stereocenters. The predicted octanol–water partition coefficient (Wildman–Crippen LogP) is 1.20. The van der Waals surface area contributed by atoms with Gasteiger partial charge in [-0.2, -0.15) is 0 Å². The molecule has 1 amide bonds. The Labute approximate surface area is 162 Å². The lowest BCUT2D eigenvalue weighted by molar-refractivity contribution is 0.0744. The van der Waals surface area contributed by atoms with E-state index < -0.39 is 0 Å². The number of hydrogen-bond donors (Lipinski definition) is 0. The van der Waals surface area contributed by atoms with Gasteiger partial charge in [0.05, 0.1) is 5.69 Å². The molecule has 8 nitrogen and oxygen atoms in total. The standard InChI is InChI=1S/C20H20N6O2/c1-24-10-4-5-15(19(24)27)20(28)26-13-11-25(12-14-26)18-8-7-17(22-23-18)16-6-2-3-9-21-16/h2-10H,11-14H2,1H3. The van der Waals surface area contributed by atoms with Crippen LogP contribution in [0, 0.1) is 0 Å². The number of aromatic nitrogens is 4. The second kappa shape index (κ2) is 7.59. The fraction of sp³-hybridized carbons (Fsp3) is 0.250. The Hall–Kier alpha value is -3.55. The molecule has 0 radical (unpaired) electrons. The number of carbonyl (C=O) groups is 1. The molecule has 1 aliphatic heterocycles. The number of pyridine rings is 2. The maximum absolute atomic E-state index is 12.7. The summed E-state index contributed by atoms with van der Waals surface area (Å²) >= 11 is 0. The topological polar surface area (TPSA) is 84.2 Å². The van der Waals surface area contributed by atoms with E-state index in [0.717, 1.165) is 17.2 Å². The largest absolute Gasteiger partial charge is 0.352 e. The van der Waals surface area contributed by atoms with Gasteiger partial charge in [0, 0.05) is 45.6 Å². The highest BCUT2D eigenvalue weighted by atomic mass is 16.2. The number of aryl methyl sites for hydroxylation is 1. The monoisotopic (exact) mass is 376 g/mol. The Bertz CT molecular complexity index is 1020. The van der Waals surface area contributed by atoms with Crippen molar-refractivity contribution in [3.05, 3.63) is 70.8 Å². The third-order valence-corrected chi connectivity index (χ3v) is 4.82. The molecule has 0 atom stereocenters. The zero-order valence-corrected chi connectivity index (χ0v) is 15.5. The van der Waals surface area contributed by atoms with Crippen LogP contribution in [-0.2, 0) is 7.05 Å². The fourth-order valence-corrected chi connectivity index (χ4v) is 3.21. The molecular formula is C20H20N6O2. The summed E-state index contributed by atoms with van der Waals surface area (Å²) in [5, 5.41) is 8.58. The molecule has 4 heterocycles. The van der Waals surface area contributed by atoms with Crippen LogP contribution in [-0.4, -0.2) is 56.7 Å². The normalized spacial score (nSPS) is 14.2. The van der Waals surface area contributed by atoms with E-state index in [1.165, 1.54) is 4.57 Å². The van der Waals surface area contributed by atoms with Crippen LogP contribution in [0.5, 0.6) is 0 Å². The van der Waals surface area contributed by atoms with Crippen LogP contribution in [0.15, 0.2) is 59.7 Å². The lowest BCUT2D eigenvalue weighted by Gasteiger charge is -2.35. The first kappa shape index (κ1) is 17.8. The molecule has 0 saturated carbocycles. The predicted molar refractivity (Wildman–Crippen MR) is 105 cm³/mol. The van der Waals surface area contributed by atoms with Crippen LogP contribution in [0.3, 0.4) is 0 Å². The van der Waals surface area contributed by atoms with Crippen molar-refractivity contribution < 1.29 is 4.79 Å². The number of piperazine rings is 1. The molecule has 0 aliphatic carbocycles. The lowest BCUT2D eigenvalue weighted by atomic mass is 10.2. The van der Waals surface area contributed by atoms with Crippen molar-refractivity contribution in [2.75, 3.05) is 31.1 Å². The van der Waals surface area contributed by atoms with Gasteiger partial charge < -0.3 is 14.4 Å². The number of carbonyl (C=O) groups excluding carboxylic acids is 1. The zero-order chi connectivity index (χ0) is 19.5. The lowest BCUT2D eigenvalue weighted by Crippen LogP contribution is -2.50. The van der Waals surface area contributed by atoms with Crippen molar-refractivity contribution in [1.29, 1.82) is 0 Å². The van der Waals surface area contributed by atoms with Gasteiger partial charge >= 0.3 is 0 Å². The maximum atomic E-state index is 12.7. The van der Waals surface area contributed by atoms with E-state index in [1.807, 2.05) is 30.3 Å². The number of anilines is 1. The van der Waals surface area contributed by atoms with Crippen molar-refractivity contribution in [3.8, 4) is 11.4 Å². The van der Waals surface area contributed by atoms with Gasteiger partial charge in [0.25, 0.3) is 11.5 Å². The Morgan fingerprint density at radius 1 is 0.929 bits per heavy atom. The Morgan fingerprint density at radius 3 is 2.43 bits per heavy atom. The number of amides is 1. The highest BCUT2D eigenvalue weighted by molar-refractivity contribution is 5.94. The fourth-order valence-electron chi connectivity index (χ4n) is 3.21. The average Bonchev–Trinajstić information content (AvgIpc) is 2.76. The molecule has 3 aromatic heterocycles. The van der Waals surface area contributed by atoms with E-state index in [0.29, 0.717) is 26.2 Å². The SMILES string of the molecule is Cn1cccc(C(=O)N2CCN(c3ccc(-c4ccccn4)nn3)CC2)c1=O. The van der Waals surface area contributed by atoms with Gasteiger partial charge in [-0.3, -0.25) is 14.6 Å². The van der Waals surface area contributed by atoms with E-state index in [9.17, 15) is 9.59 Å². The molecule has 28 heavy (non-hydrogen) atoms. The molecular weight excluding hydrogens is 356 g/mol. The van der Waals surface area contributed by atoms with E-state index in [1.54, 1.807) is 36.5 Å². The van der Waals surface area contributed by atoms with E-state index >= 15 is 0 Å². The van der Waals surface area contributed by atoms with Crippen molar-refractivity contribution in [1.82, 2.24) is 24.6 Å². The second-order valence-corrected chi connectivity index (χ2v) is 6.61. The highest BCUT2D eigenvalue weighted by Gasteiger charge is 2.24. The van der Waals surface area contributed by atoms with Crippen LogP contribution in [0.4, 0.5) is 5.82 Å². The third-order valence-electron chi connectivity index (χ3n) is 4.82. The number of rotatable bonds is 3. The first-order chi connectivity index (χ1) is 13.6. The molecule has 0 spiro atoms. The van der Waals surface area contributed by atoms with Gasteiger partial charge in [0.15, 0.2) is 5.82 Å². The second-order valence-electron chi connectivity index (χ2n) is 6.61. The average molecular weight is 376 g/mol. The minimum absolute atomic E-state index is 0.206. The summed E-state index contributed by atoms with van der Waals surface area (Å²) in [5.41, 5.74) is 1.43. The number of nitrogens with zero attached hydrogens (tertiary/aromatic N) is 6. The zero-order valence-electron chi connectivity index (χ0n) is 15.5. The molecule has 0 aromatic carbocycles. The van der Waals surface area contributed by atoms with Crippen molar-refractivity contribution >= 4 is 11.7 Å². The molecule has 142 valence electrons. The van der Waals surface area contributed by atoms with Gasteiger partial charge in [0.1, 0.15) is 11.3 Å². The van der Waals surface area contributed by atoms with Crippen LogP contribution in [0.1, 0.15) is 10.4 Å². The van der Waals surface area contributed by atoms with Gasteiger partial charge in [-0.25, -0.2) is 0 Å². The van der Waals surface area contributed by atoms with E-state index in [2.05, 4.69) is 20.1 Å². The van der Waals surface area contributed by atoms with Crippen LogP contribution < -0.4 is 10.5 Å². The Balaban J connectivity index is 1.42. The van der Waals surface area contributed by atoms with Crippen molar-refractivity contribution in [2.45, 2.75) is 0 Å². The molecule has 4 rings (SSSR count). The van der Waals surface area contributed by atoms with Crippen molar-refractivity contribution in [2.24, 2.45) is 7.05 Å². The highest BCUT2D eigenvalue weighted by Crippen LogP contribution is 2.18. The van der Waals surface area contributed by atoms with Crippen LogP contribution in [0.2, 0.25) is 0 Å². The maximum Gasteiger partial charge on any atom is 0.263 e. The number of hydrogen-bond acceptors (Lipinski definition) is 6. The van der Waals surface area contributed by atoms with Gasteiger partial charge in [-0.1, -0.05) is 6.07 Å². The molecule has 1 fully saturated rings. The molecule has 1 aliphatic rings. The third kappa shape index (κ3) is 3.48. The Morgan fingerprint density at radius 2 is 1.75 bits per heavy atom. The summed E-state index contributed by atoms with van der Waals surface area (Å²) < 4.78 is 1.42. The van der Waals surface area contributed by atoms with Crippen LogP contribution >= 0.6 is 0 Å². The van der Waals surface area contributed by atoms with Crippen molar-refractivity contribution in [3.63, 3.8) is 0 Å².